The number of aliphatic hydroxyl groups is 1. The minimum atomic E-state index is -0.895. The van der Waals surface area contributed by atoms with E-state index in [9.17, 15) is 14.3 Å². The van der Waals surface area contributed by atoms with Gasteiger partial charge in [-0.3, -0.25) is 4.79 Å². The van der Waals surface area contributed by atoms with E-state index >= 15 is 0 Å². The molecule has 0 saturated heterocycles. The second kappa shape index (κ2) is 7.58. The van der Waals surface area contributed by atoms with Crippen molar-refractivity contribution >= 4 is 11.7 Å². The molecule has 1 atom stereocenters. The van der Waals surface area contributed by atoms with Crippen LogP contribution in [0.5, 0.6) is 5.75 Å². The molecule has 6 heteroatoms. The zero-order valence-corrected chi connectivity index (χ0v) is 11.0. The fraction of sp³-hybridized carbons (Fsp3) is 0.462. The molecule has 0 amide bonds. The van der Waals surface area contributed by atoms with Crippen LogP contribution in [0.25, 0.3) is 0 Å². The number of aliphatic hydroxyl groups excluding tert-OH is 1. The van der Waals surface area contributed by atoms with Gasteiger partial charge in [-0.1, -0.05) is 0 Å². The molecule has 0 aromatic heterocycles. The van der Waals surface area contributed by atoms with Gasteiger partial charge in [0.05, 0.1) is 26.2 Å². The van der Waals surface area contributed by atoms with Crippen LogP contribution in [0.15, 0.2) is 18.2 Å². The zero-order chi connectivity index (χ0) is 14.3. The lowest BCUT2D eigenvalue weighted by atomic mass is 10.2. The molecule has 0 saturated carbocycles. The third-order valence-corrected chi connectivity index (χ3v) is 2.36. The highest BCUT2D eigenvalue weighted by Crippen LogP contribution is 2.19. The van der Waals surface area contributed by atoms with Crippen molar-refractivity contribution < 1.29 is 23.8 Å². The van der Waals surface area contributed by atoms with Gasteiger partial charge in [0.1, 0.15) is 11.6 Å². The van der Waals surface area contributed by atoms with Crippen molar-refractivity contribution in [3.05, 3.63) is 24.0 Å². The molecule has 1 unspecified atom stereocenters. The predicted octanol–water partition coefficient (Wildman–Crippen LogP) is 1.56. The van der Waals surface area contributed by atoms with E-state index in [1.54, 1.807) is 13.0 Å². The van der Waals surface area contributed by atoms with E-state index in [1.807, 2.05) is 0 Å². The van der Waals surface area contributed by atoms with E-state index in [1.165, 1.54) is 19.2 Å². The summed E-state index contributed by atoms with van der Waals surface area (Å²) in [6, 6.07) is 4.12. The first-order valence-corrected chi connectivity index (χ1v) is 5.97. The number of halogens is 1. The van der Waals surface area contributed by atoms with Gasteiger partial charge < -0.3 is 19.9 Å². The van der Waals surface area contributed by atoms with Crippen molar-refractivity contribution in [2.24, 2.45) is 0 Å². The van der Waals surface area contributed by atoms with Crippen LogP contribution in [0.4, 0.5) is 10.1 Å². The Morgan fingerprint density at radius 3 is 2.84 bits per heavy atom. The molecule has 0 fully saturated rings. The highest BCUT2D eigenvalue weighted by atomic mass is 19.1. The maximum Gasteiger partial charge on any atom is 0.308 e. The standard InChI is InChI=1S/C13H18FNO4/c1-3-19-13(17)7-11(16)8-15-10-4-9(14)5-12(6-10)18-2/h4-6,11,15-16H,3,7-8H2,1-2H3. The van der Waals surface area contributed by atoms with Gasteiger partial charge in [0.2, 0.25) is 0 Å². The van der Waals surface area contributed by atoms with Crippen LogP contribution in [-0.2, 0) is 9.53 Å². The largest absolute Gasteiger partial charge is 0.497 e. The van der Waals surface area contributed by atoms with E-state index in [-0.39, 0.29) is 19.6 Å². The number of anilines is 1. The minimum absolute atomic E-state index is 0.104. The summed E-state index contributed by atoms with van der Waals surface area (Å²) < 4.78 is 22.8. The second-order valence-corrected chi connectivity index (χ2v) is 3.92. The highest BCUT2D eigenvalue weighted by molar-refractivity contribution is 5.70. The molecule has 19 heavy (non-hydrogen) atoms. The fourth-order valence-electron chi connectivity index (χ4n) is 1.50. The molecule has 106 valence electrons. The lowest BCUT2D eigenvalue weighted by Crippen LogP contribution is -2.23. The van der Waals surface area contributed by atoms with Gasteiger partial charge in [-0.15, -0.1) is 0 Å². The molecule has 1 rings (SSSR count). The molecule has 0 bridgehead atoms. The number of benzene rings is 1. The van der Waals surface area contributed by atoms with Crippen molar-refractivity contribution in [1.29, 1.82) is 0 Å². The van der Waals surface area contributed by atoms with Crippen LogP contribution >= 0.6 is 0 Å². The number of hydrogen-bond acceptors (Lipinski definition) is 5. The third kappa shape index (κ3) is 5.56. The molecule has 0 aliphatic heterocycles. The number of ether oxygens (including phenoxy) is 2. The summed E-state index contributed by atoms with van der Waals surface area (Å²) in [5.41, 5.74) is 0.472. The van der Waals surface area contributed by atoms with Crippen molar-refractivity contribution in [2.75, 3.05) is 25.6 Å². The fourth-order valence-corrected chi connectivity index (χ4v) is 1.50. The minimum Gasteiger partial charge on any atom is -0.497 e. The molecule has 0 radical (unpaired) electrons. The lowest BCUT2D eigenvalue weighted by Gasteiger charge is -2.13. The first kappa shape index (κ1) is 15.2. The molecule has 5 nitrogen and oxygen atoms in total. The average molecular weight is 271 g/mol. The molecule has 0 spiro atoms. The van der Waals surface area contributed by atoms with Gasteiger partial charge in [-0.2, -0.15) is 0 Å². The number of rotatable bonds is 7. The van der Waals surface area contributed by atoms with Crippen LogP contribution in [0.2, 0.25) is 0 Å². The van der Waals surface area contributed by atoms with E-state index in [0.29, 0.717) is 11.4 Å². The topological polar surface area (TPSA) is 67.8 Å². The van der Waals surface area contributed by atoms with Crippen molar-refractivity contribution in [3.63, 3.8) is 0 Å². The quantitative estimate of drug-likeness (QED) is 0.737. The monoisotopic (exact) mass is 271 g/mol. The van der Waals surface area contributed by atoms with Crippen molar-refractivity contribution in [2.45, 2.75) is 19.4 Å². The molecule has 0 aliphatic carbocycles. The first-order valence-electron chi connectivity index (χ1n) is 5.97. The van der Waals surface area contributed by atoms with E-state index < -0.39 is 17.9 Å². The van der Waals surface area contributed by atoms with Crippen LogP contribution in [0, 0.1) is 5.82 Å². The van der Waals surface area contributed by atoms with Gasteiger partial charge >= 0.3 is 5.97 Å². The van der Waals surface area contributed by atoms with E-state index in [4.69, 9.17) is 9.47 Å². The SMILES string of the molecule is CCOC(=O)CC(O)CNc1cc(F)cc(OC)c1. The smallest absolute Gasteiger partial charge is 0.308 e. The predicted molar refractivity (Wildman–Crippen MR) is 68.7 cm³/mol. The molecule has 1 aromatic rings. The Bertz CT molecular complexity index is 425. The maximum absolute atomic E-state index is 13.2. The number of hydrogen-bond donors (Lipinski definition) is 2. The molecule has 1 aromatic carbocycles. The molecule has 0 aliphatic rings. The summed E-state index contributed by atoms with van der Waals surface area (Å²) in [6.45, 7) is 2.09. The Morgan fingerprint density at radius 2 is 2.21 bits per heavy atom. The molecular formula is C13H18FNO4. The number of esters is 1. The molecule has 0 heterocycles. The Kier molecular flexibility index (Phi) is 6.08. The highest BCUT2D eigenvalue weighted by Gasteiger charge is 2.11. The van der Waals surface area contributed by atoms with Crippen LogP contribution in [0.1, 0.15) is 13.3 Å². The Balaban J connectivity index is 2.47. The maximum atomic E-state index is 13.2. The van der Waals surface area contributed by atoms with E-state index in [0.717, 1.165) is 0 Å². The van der Waals surface area contributed by atoms with Gasteiger partial charge in [0.15, 0.2) is 0 Å². The second-order valence-electron chi connectivity index (χ2n) is 3.92. The van der Waals surface area contributed by atoms with Crippen LogP contribution in [0.3, 0.4) is 0 Å². The number of methoxy groups -OCH3 is 1. The summed E-state index contributed by atoms with van der Waals surface area (Å²) in [7, 11) is 1.44. The van der Waals surface area contributed by atoms with Gasteiger partial charge in [0.25, 0.3) is 0 Å². The summed E-state index contributed by atoms with van der Waals surface area (Å²) in [6.07, 6.45) is -0.999. The van der Waals surface area contributed by atoms with Gasteiger partial charge in [-0.05, 0) is 13.0 Å². The van der Waals surface area contributed by atoms with Crippen molar-refractivity contribution in [1.82, 2.24) is 0 Å². The zero-order valence-electron chi connectivity index (χ0n) is 11.0. The Hall–Kier alpha value is -1.82. The Morgan fingerprint density at radius 1 is 1.47 bits per heavy atom. The lowest BCUT2D eigenvalue weighted by molar-refractivity contribution is -0.145. The van der Waals surface area contributed by atoms with E-state index in [2.05, 4.69) is 5.32 Å². The van der Waals surface area contributed by atoms with Gasteiger partial charge in [-0.25, -0.2) is 4.39 Å². The number of carbonyl (C=O) groups excluding carboxylic acids is 1. The summed E-state index contributed by atoms with van der Waals surface area (Å²) >= 11 is 0. The molecular weight excluding hydrogens is 253 g/mol. The number of nitrogens with one attached hydrogen (secondary N) is 1. The van der Waals surface area contributed by atoms with Crippen LogP contribution < -0.4 is 10.1 Å². The normalized spacial score (nSPS) is 11.8. The van der Waals surface area contributed by atoms with Crippen LogP contribution in [-0.4, -0.2) is 37.4 Å². The third-order valence-electron chi connectivity index (χ3n) is 2.36. The first-order chi connectivity index (χ1) is 9.05. The summed E-state index contributed by atoms with van der Waals surface area (Å²) in [4.78, 5) is 11.1. The van der Waals surface area contributed by atoms with Gasteiger partial charge in [0, 0.05) is 24.4 Å². The summed E-state index contributed by atoms with van der Waals surface area (Å²) in [5, 5.41) is 12.4. The Labute approximate surface area is 111 Å². The van der Waals surface area contributed by atoms with Crippen molar-refractivity contribution in [3.8, 4) is 5.75 Å². The number of carbonyl (C=O) groups is 1. The molecule has 2 N–H and O–H groups in total. The summed E-state index contributed by atoms with van der Waals surface area (Å²) in [5.74, 6) is -0.530. The average Bonchev–Trinajstić information content (AvgIpc) is 2.36.